The number of hydrogen-bond acceptors (Lipinski definition) is 6. The zero-order valence-electron chi connectivity index (χ0n) is 23.1. The number of carbonyl (C=O) groups is 2. The second-order valence-electron chi connectivity index (χ2n) is 11.2. The van der Waals surface area contributed by atoms with Gasteiger partial charge in [-0.25, -0.2) is 0 Å². The Bertz CT molecular complexity index is 1480. The van der Waals surface area contributed by atoms with Gasteiger partial charge >= 0.3 is 0 Å². The lowest BCUT2D eigenvalue weighted by Gasteiger charge is -2.26. The van der Waals surface area contributed by atoms with E-state index >= 15 is 0 Å². The lowest BCUT2D eigenvalue weighted by atomic mass is 9.85. The molecule has 1 atom stereocenters. The van der Waals surface area contributed by atoms with Crippen molar-refractivity contribution in [2.45, 2.75) is 52.0 Å². The van der Waals surface area contributed by atoms with Gasteiger partial charge < -0.3 is 19.3 Å². The number of aliphatic hydroxyl groups is 1. The van der Waals surface area contributed by atoms with E-state index in [1.54, 1.807) is 24.3 Å². The molecule has 0 spiro atoms. The van der Waals surface area contributed by atoms with Crippen LogP contribution < -0.4 is 19.1 Å². The topological polar surface area (TPSA) is 85.3 Å². The van der Waals surface area contributed by atoms with Crippen LogP contribution in [0.5, 0.6) is 17.2 Å². The van der Waals surface area contributed by atoms with Crippen molar-refractivity contribution in [2.75, 3.05) is 18.8 Å². The molecule has 7 heteroatoms. The van der Waals surface area contributed by atoms with E-state index in [2.05, 4.69) is 34.6 Å². The van der Waals surface area contributed by atoms with Crippen molar-refractivity contribution in [1.82, 2.24) is 0 Å². The van der Waals surface area contributed by atoms with Gasteiger partial charge in [0.15, 0.2) is 11.5 Å². The van der Waals surface area contributed by atoms with Crippen molar-refractivity contribution in [3.63, 3.8) is 0 Å². The highest BCUT2D eigenvalue weighted by atomic mass is 16.7. The number of anilines is 1. The van der Waals surface area contributed by atoms with Crippen LogP contribution >= 0.6 is 0 Å². The number of ether oxygens (including phenoxy) is 3. The van der Waals surface area contributed by atoms with Gasteiger partial charge in [-0.15, -0.1) is 0 Å². The van der Waals surface area contributed by atoms with E-state index in [9.17, 15) is 14.7 Å². The third-order valence-corrected chi connectivity index (χ3v) is 7.32. The van der Waals surface area contributed by atoms with Crippen LogP contribution in [-0.2, 0) is 15.0 Å². The predicted octanol–water partition coefficient (Wildman–Crippen LogP) is 6.47. The van der Waals surface area contributed by atoms with Crippen molar-refractivity contribution in [3.8, 4) is 17.2 Å². The molecule has 202 valence electrons. The molecular weight excluding hydrogens is 494 g/mol. The SMILES string of the molecule is COc1ccc(C(C)(C)C)cc1/C(O)=C1\C(=O)C(=O)N(c2ccc3c(c2)OCO3)C1c1ccc(C(C)C)cc1. The van der Waals surface area contributed by atoms with Crippen molar-refractivity contribution in [3.05, 3.63) is 88.5 Å². The standard InChI is InChI=1S/C32H33NO6/c1-18(2)19-7-9-20(10-8-19)28-27(29(34)23-15-21(32(3,4)5)11-13-24(23)37-6)30(35)31(36)33(28)22-12-14-25-26(16-22)39-17-38-25/h7-16,18,28,34H,17H2,1-6H3/b29-27+. The summed E-state index contributed by atoms with van der Waals surface area (Å²) in [6.45, 7) is 10.5. The zero-order chi connectivity index (χ0) is 28.1. The molecule has 2 aliphatic rings. The van der Waals surface area contributed by atoms with E-state index in [4.69, 9.17) is 14.2 Å². The minimum absolute atomic E-state index is 0.000627. The van der Waals surface area contributed by atoms with Crippen LogP contribution in [0.25, 0.3) is 5.76 Å². The summed E-state index contributed by atoms with van der Waals surface area (Å²) in [6.07, 6.45) is 0. The largest absolute Gasteiger partial charge is 0.507 e. The highest BCUT2D eigenvalue weighted by Crippen LogP contribution is 2.46. The van der Waals surface area contributed by atoms with Gasteiger partial charge in [-0.3, -0.25) is 14.5 Å². The van der Waals surface area contributed by atoms with Crippen molar-refractivity contribution >= 4 is 23.1 Å². The number of benzene rings is 3. The van der Waals surface area contributed by atoms with Gasteiger partial charge in [0.25, 0.3) is 11.7 Å². The maximum Gasteiger partial charge on any atom is 0.300 e. The van der Waals surface area contributed by atoms with Gasteiger partial charge in [-0.2, -0.15) is 0 Å². The number of nitrogens with zero attached hydrogens (tertiary/aromatic N) is 1. The zero-order valence-corrected chi connectivity index (χ0v) is 23.1. The molecule has 1 amide bonds. The van der Waals surface area contributed by atoms with Crippen molar-refractivity contribution in [1.29, 1.82) is 0 Å². The second-order valence-corrected chi connectivity index (χ2v) is 11.2. The maximum absolute atomic E-state index is 13.7. The minimum Gasteiger partial charge on any atom is -0.507 e. The van der Waals surface area contributed by atoms with Gasteiger partial charge in [0.05, 0.1) is 24.3 Å². The van der Waals surface area contributed by atoms with E-state index in [0.29, 0.717) is 40.0 Å². The van der Waals surface area contributed by atoms with Crippen LogP contribution in [0.2, 0.25) is 0 Å². The Balaban J connectivity index is 1.73. The lowest BCUT2D eigenvalue weighted by molar-refractivity contribution is -0.132. The van der Waals surface area contributed by atoms with E-state index in [-0.39, 0.29) is 23.5 Å². The van der Waals surface area contributed by atoms with Crippen molar-refractivity contribution < 1.29 is 28.9 Å². The van der Waals surface area contributed by atoms with E-state index in [1.807, 2.05) is 36.4 Å². The number of fused-ring (bicyclic) bond motifs is 1. The molecular formula is C32H33NO6. The fourth-order valence-electron chi connectivity index (χ4n) is 5.02. The Hall–Kier alpha value is -4.26. The summed E-state index contributed by atoms with van der Waals surface area (Å²) >= 11 is 0. The molecule has 1 unspecified atom stereocenters. The van der Waals surface area contributed by atoms with E-state index in [1.165, 1.54) is 12.0 Å². The maximum atomic E-state index is 13.7. The molecule has 5 rings (SSSR count). The first-order valence-corrected chi connectivity index (χ1v) is 13.0. The van der Waals surface area contributed by atoms with Crippen LogP contribution in [0.4, 0.5) is 5.69 Å². The number of aliphatic hydroxyl groups excluding tert-OH is 1. The van der Waals surface area contributed by atoms with E-state index in [0.717, 1.165) is 11.1 Å². The minimum atomic E-state index is -0.866. The summed E-state index contributed by atoms with van der Waals surface area (Å²) in [4.78, 5) is 28.7. The molecule has 1 N–H and O–H groups in total. The molecule has 0 aliphatic carbocycles. The summed E-state index contributed by atoms with van der Waals surface area (Å²) in [5, 5.41) is 11.8. The molecule has 0 saturated carbocycles. The van der Waals surface area contributed by atoms with Gasteiger partial charge in [0, 0.05) is 11.8 Å². The number of carbonyl (C=O) groups excluding carboxylic acids is 2. The smallest absolute Gasteiger partial charge is 0.300 e. The fourth-order valence-corrected chi connectivity index (χ4v) is 5.02. The number of methoxy groups -OCH3 is 1. The molecule has 7 nitrogen and oxygen atoms in total. The Morgan fingerprint density at radius 2 is 1.67 bits per heavy atom. The average molecular weight is 528 g/mol. The average Bonchev–Trinajstić information content (AvgIpc) is 3.49. The molecule has 2 heterocycles. The molecule has 3 aromatic rings. The summed E-state index contributed by atoms with van der Waals surface area (Å²) in [6, 6.07) is 17.6. The van der Waals surface area contributed by atoms with Gasteiger partial charge in [-0.05, 0) is 52.3 Å². The number of Topliss-reactive ketones (excluding diaryl/α,β-unsaturated/α-hetero) is 1. The Labute approximate surface area is 228 Å². The second kappa shape index (κ2) is 9.80. The van der Waals surface area contributed by atoms with E-state index < -0.39 is 17.7 Å². The van der Waals surface area contributed by atoms with Crippen LogP contribution in [-0.4, -0.2) is 30.7 Å². The van der Waals surface area contributed by atoms with Gasteiger partial charge in [-0.1, -0.05) is 65.0 Å². The summed E-state index contributed by atoms with van der Waals surface area (Å²) < 4.78 is 16.5. The van der Waals surface area contributed by atoms with Crippen LogP contribution in [0.3, 0.4) is 0 Å². The van der Waals surface area contributed by atoms with Gasteiger partial charge in [0.2, 0.25) is 6.79 Å². The van der Waals surface area contributed by atoms with Crippen LogP contribution in [0.1, 0.15) is 68.8 Å². The molecule has 0 bridgehead atoms. The molecule has 1 saturated heterocycles. The molecule has 39 heavy (non-hydrogen) atoms. The van der Waals surface area contributed by atoms with Crippen molar-refractivity contribution in [2.24, 2.45) is 0 Å². The lowest BCUT2D eigenvalue weighted by Crippen LogP contribution is -2.29. The summed E-state index contributed by atoms with van der Waals surface area (Å²) in [5.41, 5.74) is 3.38. The third-order valence-electron chi connectivity index (χ3n) is 7.32. The number of hydrogen-bond donors (Lipinski definition) is 1. The first kappa shape index (κ1) is 26.4. The molecule has 2 aliphatic heterocycles. The first-order valence-electron chi connectivity index (χ1n) is 13.0. The monoisotopic (exact) mass is 527 g/mol. The Morgan fingerprint density at radius 3 is 2.31 bits per heavy atom. The summed E-state index contributed by atoms with van der Waals surface area (Å²) in [5.74, 6) is -0.0183. The number of amides is 1. The highest BCUT2D eigenvalue weighted by Gasteiger charge is 2.47. The van der Waals surface area contributed by atoms with Crippen LogP contribution in [0.15, 0.2) is 66.2 Å². The fraction of sp³-hybridized carbons (Fsp3) is 0.312. The quantitative estimate of drug-likeness (QED) is 0.233. The number of ketones is 1. The highest BCUT2D eigenvalue weighted by molar-refractivity contribution is 6.51. The molecule has 1 fully saturated rings. The predicted molar refractivity (Wildman–Crippen MR) is 150 cm³/mol. The summed E-state index contributed by atoms with van der Waals surface area (Å²) in [7, 11) is 1.51. The normalized spacial score (nSPS) is 18.2. The first-order chi connectivity index (χ1) is 18.5. The Morgan fingerprint density at radius 1 is 0.974 bits per heavy atom. The molecule has 0 aromatic heterocycles. The van der Waals surface area contributed by atoms with Gasteiger partial charge in [0.1, 0.15) is 11.5 Å². The van der Waals surface area contributed by atoms with Crippen LogP contribution in [0, 0.1) is 0 Å². The number of rotatable bonds is 5. The third kappa shape index (κ3) is 4.62. The molecule has 0 radical (unpaired) electrons. The Kier molecular flexibility index (Phi) is 6.62. The molecule has 3 aromatic carbocycles.